The minimum absolute atomic E-state index is 0. The summed E-state index contributed by atoms with van der Waals surface area (Å²) in [6.07, 6.45) is -0.334. The Bertz CT molecular complexity index is 619. The van der Waals surface area contributed by atoms with E-state index in [4.69, 9.17) is 9.29 Å². The molecule has 0 spiro atoms. The molecule has 7 nitrogen and oxygen atoms in total. The van der Waals surface area contributed by atoms with E-state index in [1.807, 2.05) is 0 Å². The summed E-state index contributed by atoms with van der Waals surface area (Å²) in [6, 6.07) is 3.47. The maximum atomic E-state index is 11.5. The van der Waals surface area contributed by atoms with Crippen LogP contribution in [0.15, 0.2) is 23.1 Å². The van der Waals surface area contributed by atoms with Crippen molar-refractivity contribution in [2.24, 2.45) is 0 Å². The Labute approximate surface area is 160 Å². The number of methoxy groups -OCH3 is 1. The number of benzene rings is 1. The van der Waals surface area contributed by atoms with Crippen molar-refractivity contribution in [2.45, 2.75) is 18.2 Å². The second-order valence-corrected chi connectivity index (χ2v) is 5.19. The fourth-order valence-corrected chi connectivity index (χ4v) is 1.87. The van der Waals surface area contributed by atoms with Gasteiger partial charge in [0.15, 0.2) is 0 Å². The molecule has 0 bridgehead atoms. The van der Waals surface area contributed by atoms with Gasteiger partial charge in [-0.05, 0) is 25.1 Å². The van der Waals surface area contributed by atoms with Crippen LogP contribution in [0.25, 0.3) is 0 Å². The number of nitrogens with one attached hydrogen (secondary N) is 1. The summed E-state index contributed by atoms with van der Waals surface area (Å²) in [5.74, 6) is -0.718. The van der Waals surface area contributed by atoms with Gasteiger partial charge in [-0.25, -0.2) is 0 Å². The van der Waals surface area contributed by atoms with Crippen LogP contribution in [0.4, 0.5) is 5.69 Å². The van der Waals surface area contributed by atoms with E-state index in [0.29, 0.717) is 0 Å². The van der Waals surface area contributed by atoms with Crippen LogP contribution in [0.2, 0.25) is 0 Å². The van der Waals surface area contributed by atoms with E-state index in [0.717, 1.165) is 12.1 Å². The molecule has 0 radical (unpaired) electrons. The molecule has 2 N–H and O–H groups in total. The Hall–Kier alpha value is -0.294. The number of carbonyl (C=O) groups is 2. The summed E-state index contributed by atoms with van der Waals surface area (Å²) in [6.45, 7) is 1.26. The van der Waals surface area contributed by atoms with E-state index in [2.05, 4.69) is 5.32 Å². The maximum Gasteiger partial charge on any atom is 1.00 e. The van der Waals surface area contributed by atoms with Gasteiger partial charge in [0, 0.05) is 0 Å². The average Bonchev–Trinajstić information content (AvgIpc) is 2.26. The predicted molar refractivity (Wildman–Crippen MR) is 67.8 cm³/mol. The van der Waals surface area contributed by atoms with Crippen LogP contribution in [0.5, 0.6) is 5.75 Å². The van der Waals surface area contributed by atoms with Crippen LogP contribution in [-0.2, 0) is 19.7 Å². The Kier molecular flexibility index (Phi) is 8.10. The summed E-state index contributed by atoms with van der Waals surface area (Å²) in [5.41, 5.74) is 0.0591. The Morgan fingerprint density at radius 3 is 2.45 bits per heavy atom. The zero-order valence-electron chi connectivity index (χ0n) is 12.3. The van der Waals surface area contributed by atoms with E-state index >= 15 is 0 Å². The number of anilines is 1. The maximum absolute atomic E-state index is 11.5. The van der Waals surface area contributed by atoms with Gasteiger partial charge < -0.3 is 11.5 Å². The number of hydrogen-bond donors (Lipinski definition) is 2. The average molecular weight is 327 g/mol. The summed E-state index contributed by atoms with van der Waals surface area (Å²) in [7, 11) is -3.05. The number of amides is 1. The topological polar surface area (TPSA) is 110 Å². The molecular weight excluding hydrogens is 313 g/mol. The standard InChI is InChI=1S/C11H13NO6S.K.H/c1-7(13)5-11(14)12-9-6-8(19(15,16)17)3-4-10(9)18-2;;/h3-4,6H,5H2,1-2H3,(H,12,14)(H,15,16,17);;/q;+1;-1. The first-order chi connectivity index (χ1) is 8.74. The first-order valence-electron chi connectivity index (χ1n) is 5.19. The molecule has 1 aromatic rings. The molecule has 0 fully saturated rings. The van der Waals surface area contributed by atoms with Crippen molar-refractivity contribution >= 4 is 27.5 Å². The van der Waals surface area contributed by atoms with Crippen LogP contribution in [0.3, 0.4) is 0 Å². The van der Waals surface area contributed by atoms with Crippen molar-refractivity contribution < 1.29 is 80.1 Å². The van der Waals surface area contributed by atoms with Crippen molar-refractivity contribution in [3.63, 3.8) is 0 Å². The normalized spacial score (nSPS) is 10.3. The SMILES string of the molecule is COc1ccc(S(=O)(=O)O)cc1NC(=O)CC(C)=O.[H-].[K+]. The van der Waals surface area contributed by atoms with E-state index in [9.17, 15) is 18.0 Å². The molecule has 9 heteroatoms. The second-order valence-electron chi connectivity index (χ2n) is 3.76. The second kappa shape index (κ2) is 8.22. The molecule has 0 aromatic heterocycles. The molecule has 1 rings (SSSR count). The molecule has 20 heavy (non-hydrogen) atoms. The molecule has 0 saturated heterocycles. The Morgan fingerprint density at radius 2 is 2.00 bits per heavy atom. The quantitative estimate of drug-likeness (QED) is 0.367. The van der Waals surface area contributed by atoms with Crippen molar-refractivity contribution in [1.82, 2.24) is 0 Å². The first-order valence-corrected chi connectivity index (χ1v) is 6.63. The molecule has 1 aromatic carbocycles. The zero-order valence-corrected chi connectivity index (χ0v) is 15.3. The minimum atomic E-state index is -4.38. The van der Waals surface area contributed by atoms with Gasteiger partial charge in [-0.2, -0.15) is 8.42 Å². The third kappa shape index (κ3) is 6.00. The van der Waals surface area contributed by atoms with Gasteiger partial charge in [0.1, 0.15) is 11.5 Å². The summed E-state index contributed by atoms with van der Waals surface area (Å²) >= 11 is 0. The molecule has 0 aliphatic carbocycles. The first kappa shape index (κ1) is 19.7. The molecule has 0 aliphatic heterocycles. The smallest absolute Gasteiger partial charge is 1.00 e. The summed E-state index contributed by atoms with van der Waals surface area (Å²) in [4.78, 5) is 21.9. The largest absolute Gasteiger partial charge is 1.00 e. The van der Waals surface area contributed by atoms with Crippen LogP contribution in [-0.4, -0.2) is 31.8 Å². The number of rotatable bonds is 5. The Balaban J connectivity index is 0. The fourth-order valence-electron chi connectivity index (χ4n) is 1.37. The minimum Gasteiger partial charge on any atom is -1.00 e. The third-order valence-electron chi connectivity index (χ3n) is 2.15. The number of ketones is 1. The van der Waals surface area contributed by atoms with E-state index in [-0.39, 0.29) is 81.3 Å². The van der Waals surface area contributed by atoms with Gasteiger partial charge >= 0.3 is 51.4 Å². The molecule has 0 unspecified atom stereocenters. The van der Waals surface area contributed by atoms with E-state index in [1.165, 1.54) is 20.1 Å². The molecule has 0 aliphatic rings. The number of ether oxygens (including phenoxy) is 1. The molecule has 1 amide bonds. The van der Waals surface area contributed by atoms with Gasteiger partial charge in [-0.1, -0.05) is 0 Å². The van der Waals surface area contributed by atoms with Gasteiger partial charge in [0.2, 0.25) is 5.91 Å². The molecule has 0 saturated carbocycles. The number of carbonyl (C=O) groups excluding carboxylic acids is 2. The summed E-state index contributed by atoms with van der Waals surface area (Å²) < 4.78 is 35.9. The van der Waals surface area contributed by atoms with Crippen molar-refractivity contribution in [2.75, 3.05) is 12.4 Å². The van der Waals surface area contributed by atoms with Gasteiger partial charge in [0.25, 0.3) is 10.1 Å². The Morgan fingerprint density at radius 1 is 1.40 bits per heavy atom. The monoisotopic (exact) mass is 327 g/mol. The third-order valence-corrected chi connectivity index (χ3v) is 3.00. The molecule has 0 heterocycles. The van der Waals surface area contributed by atoms with Crippen LogP contribution >= 0.6 is 0 Å². The van der Waals surface area contributed by atoms with Gasteiger partial charge in [-0.15, -0.1) is 0 Å². The van der Waals surface area contributed by atoms with Gasteiger partial charge in [-0.3, -0.25) is 14.1 Å². The molecule has 0 atom stereocenters. The van der Waals surface area contributed by atoms with Crippen LogP contribution in [0.1, 0.15) is 14.8 Å². The van der Waals surface area contributed by atoms with E-state index < -0.39 is 16.0 Å². The predicted octanol–water partition coefficient (Wildman–Crippen LogP) is -2.02. The molecule has 106 valence electrons. The van der Waals surface area contributed by atoms with Crippen LogP contribution < -0.4 is 61.4 Å². The van der Waals surface area contributed by atoms with Crippen molar-refractivity contribution in [1.29, 1.82) is 0 Å². The van der Waals surface area contributed by atoms with Crippen LogP contribution in [0, 0.1) is 0 Å². The zero-order chi connectivity index (χ0) is 14.6. The van der Waals surface area contributed by atoms with E-state index in [1.54, 1.807) is 0 Å². The summed E-state index contributed by atoms with van der Waals surface area (Å²) in [5, 5.41) is 2.34. The van der Waals surface area contributed by atoms with Crippen molar-refractivity contribution in [3.8, 4) is 5.75 Å². The number of Topliss-reactive ketones (excluding diaryl/α,β-unsaturated/α-hetero) is 1. The molecular formula is C11H14KNO6S. The van der Waals surface area contributed by atoms with Gasteiger partial charge in [0.05, 0.1) is 24.1 Å². The van der Waals surface area contributed by atoms with Crippen molar-refractivity contribution in [3.05, 3.63) is 18.2 Å². The number of hydrogen-bond acceptors (Lipinski definition) is 5. The fraction of sp³-hybridized carbons (Fsp3) is 0.273.